The Kier molecular flexibility index (Phi) is 3.91. The van der Waals surface area contributed by atoms with Gasteiger partial charge in [0.05, 0.1) is 17.8 Å². The molecule has 0 radical (unpaired) electrons. The van der Waals surface area contributed by atoms with Crippen molar-refractivity contribution >= 4 is 11.9 Å². The van der Waals surface area contributed by atoms with E-state index in [4.69, 9.17) is 5.11 Å². The summed E-state index contributed by atoms with van der Waals surface area (Å²) in [5.74, 6) is -1.55. The SMILES string of the molecule is O=C(O)C1CC(=O)N(CCc2cnn(-c3ccccc3)c2)C1. The highest BCUT2D eigenvalue weighted by molar-refractivity contribution is 5.86. The van der Waals surface area contributed by atoms with Gasteiger partial charge in [0.1, 0.15) is 0 Å². The average Bonchev–Trinajstić information content (AvgIpc) is 3.13. The predicted molar refractivity (Wildman–Crippen MR) is 79.6 cm³/mol. The Balaban J connectivity index is 1.60. The van der Waals surface area contributed by atoms with Gasteiger partial charge >= 0.3 is 5.97 Å². The lowest BCUT2D eigenvalue weighted by Gasteiger charge is -2.14. The third-order valence-electron chi connectivity index (χ3n) is 3.89. The number of hydrogen-bond donors (Lipinski definition) is 1. The minimum Gasteiger partial charge on any atom is -0.481 e. The third-order valence-corrected chi connectivity index (χ3v) is 3.89. The van der Waals surface area contributed by atoms with Crippen molar-refractivity contribution in [2.75, 3.05) is 13.1 Å². The quantitative estimate of drug-likeness (QED) is 0.904. The van der Waals surface area contributed by atoms with Crippen molar-refractivity contribution in [3.05, 3.63) is 48.3 Å². The van der Waals surface area contributed by atoms with Gasteiger partial charge in [0.25, 0.3) is 0 Å². The molecule has 0 spiro atoms. The molecule has 6 heteroatoms. The smallest absolute Gasteiger partial charge is 0.308 e. The van der Waals surface area contributed by atoms with Crippen LogP contribution in [0.5, 0.6) is 0 Å². The zero-order valence-corrected chi connectivity index (χ0v) is 12.1. The van der Waals surface area contributed by atoms with E-state index in [1.54, 1.807) is 15.8 Å². The molecular weight excluding hydrogens is 282 g/mol. The van der Waals surface area contributed by atoms with Crippen molar-refractivity contribution in [3.8, 4) is 5.69 Å². The van der Waals surface area contributed by atoms with Gasteiger partial charge in [0.2, 0.25) is 5.91 Å². The highest BCUT2D eigenvalue weighted by Crippen LogP contribution is 2.18. The van der Waals surface area contributed by atoms with E-state index in [2.05, 4.69) is 5.10 Å². The molecule has 2 aromatic rings. The number of carboxylic acid groups (broad SMARTS) is 1. The maximum Gasteiger partial charge on any atom is 0.308 e. The number of carboxylic acids is 1. The molecule has 1 saturated heterocycles. The first-order valence-corrected chi connectivity index (χ1v) is 7.23. The molecule has 1 aromatic carbocycles. The van der Waals surface area contributed by atoms with E-state index < -0.39 is 11.9 Å². The van der Waals surface area contributed by atoms with Gasteiger partial charge in [0.15, 0.2) is 0 Å². The standard InChI is InChI=1S/C16H17N3O3/c20-15-8-13(16(21)22)11-18(15)7-6-12-9-17-19(10-12)14-4-2-1-3-5-14/h1-5,9-10,13H,6-8,11H2,(H,21,22). The lowest BCUT2D eigenvalue weighted by atomic mass is 10.1. The first-order valence-electron chi connectivity index (χ1n) is 7.23. The van der Waals surface area contributed by atoms with Crippen LogP contribution in [0.4, 0.5) is 0 Å². The minimum absolute atomic E-state index is 0.0807. The number of aromatic nitrogens is 2. The fourth-order valence-corrected chi connectivity index (χ4v) is 2.63. The van der Waals surface area contributed by atoms with E-state index >= 15 is 0 Å². The molecule has 6 nitrogen and oxygen atoms in total. The van der Waals surface area contributed by atoms with Gasteiger partial charge < -0.3 is 10.0 Å². The molecule has 3 rings (SSSR count). The van der Waals surface area contributed by atoms with E-state index in [1.165, 1.54) is 0 Å². The van der Waals surface area contributed by atoms with Crippen LogP contribution in [0.1, 0.15) is 12.0 Å². The lowest BCUT2D eigenvalue weighted by Crippen LogP contribution is -2.28. The van der Waals surface area contributed by atoms with Crippen LogP contribution in [0.2, 0.25) is 0 Å². The summed E-state index contributed by atoms with van der Waals surface area (Å²) in [6.07, 6.45) is 4.50. The number of benzene rings is 1. The molecule has 1 aromatic heterocycles. The second kappa shape index (κ2) is 6.01. The van der Waals surface area contributed by atoms with Crippen LogP contribution >= 0.6 is 0 Å². The molecule has 0 bridgehead atoms. The summed E-state index contributed by atoms with van der Waals surface area (Å²) in [6, 6.07) is 9.79. The minimum atomic E-state index is -0.896. The molecule has 22 heavy (non-hydrogen) atoms. The van der Waals surface area contributed by atoms with Gasteiger partial charge in [-0.1, -0.05) is 18.2 Å². The first kappa shape index (κ1) is 14.3. The maximum atomic E-state index is 11.8. The zero-order chi connectivity index (χ0) is 15.5. The molecule has 0 aliphatic carbocycles. The third kappa shape index (κ3) is 3.00. The van der Waals surface area contributed by atoms with Crippen molar-refractivity contribution < 1.29 is 14.7 Å². The highest BCUT2D eigenvalue weighted by atomic mass is 16.4. The van der Waals surface area contributed by atoms with Crippen LogP contribution in [-0.4, -0.2) is 44.8 Å². The monoisotopic (exact) mass is 299 g/mol. The average molecular weight is 299 g/mol. The molecule has 1 amide bonds. The first-order chi connectivity index (χ1) is 10.6. The summed E-state index contributed by atoms with van der Waals surface area (Å²) in [5, 5.41) is 13.3. The fourth-order valence-electron chi connectivity index (χ4n) is 2.63. The molecule has 1 N–H and O–H groups in total. The number of carbonyl (C=O) groups excluding carboxylic acids is 1. The van der Waals surface area contributed by atoms with Crippen molar-refractivity contribution in [2.24, 2.45) is 5.92 Å². The van der Waals surface area contributed by atoms with Gasteiger partial charge in [-0.25, -0.2) is 4.68 Å². The zero-order valence-electron chi connectivity index (χ0n) is 12.1. The second-order valence-corrected chi connectivity index (χ2v) is 5.46. The number of aliphatic carboxylic acids is 1. The molecule has 1 aliphatic rings. The lowest BCUT2D eigenvalue weighted by molar-refractivity contribution is -0.141. The summed E-state index contributed by atoms with van der Waals surface area (Å²) in [4.78, 5) is 24.3. The summed E-state index contributed by atoms with van der Waals surface area (Å²) in [6.45, 7) is 0.837. The molecule has 1 unspecified atom stereocenters. The Morgan fingerprint density at radius 1 is 1.32 bits per heavy atom. The molecular formula is C16H17N3O3. The summed E-state index contributed by atoms with van der Waals surface area (Å²) in [5.41, 5.74) is 2.01. The summed E-state index contributed by atoms with van der Waals surface area (Å²) in [7, 11) is 0. The molecule has 1 aliphatic heterocycles. The van der Waals surface area contributed by atoms with Crippen LogP contribution in [0.25, 0.3) is 5.69 Å². The van der Waals surface area contributed by atoms with Crippen molar-refractivity contribution in [1.82, 2.24) is 14.7 Å². The van der Waals surface area contributed by atoms with Crippen LogP contribution in [0.3, 0.4) is 0 Å². The number of rotatable bonds is 5. The number of likely N-dealkylation sites (tertiary alicyclic amines) is 1. The van der Waals surface area contributed by atoms with E-state index in [0.717, 1.165) is 11.3 Å². The highest BCUT2D eigenvalue weighted by Gasteiger charge is 2.33. The van der Waals surface area contributed by atoms with Crippen LogP contribution in [0.15, 0.2) is 42.7 Å². The maximum absolute atomic E-state index is 11.8. The number of nitrogens with zero attached hydrogens (tertiary/aromatic N) is 3. The van der Waals surface area contributed by atoms with Crippen LogP contribution in [0, 0.1) is 5.92 Å². The predicted octanol–water partition coefficient (Wildman–Crippen LogP) is 1.35. The number of para-hydroxylation sites is 1. The fraction of sp³-hybridized carbons (Fsp3) is 0.312. The molecule has 1 atom stereocenters. The Bertz CT molecular complexity index is 681. The van der Waals surface area contributed by atoms with E-state index in [0.29, 0.717) is 19.5 Å². The van der Waals surface area contributed by atoms with Crippen LogP contribution < -0.4 is 0 Å². The number of amides is 1. The second-order valence-electron chi connectivity index (χ2n) is 5.46. The normalized spacial score (nSPS) is 17.9. The largest absolute Gasteiger partial charge is 0.481 e. The molecule has 0 saturated carbocycles. The molecule has 114 valence electrons. The van der Waals surface area contributed by atoms with Gasteiger partial charge in [-0.2, -0.15) is 5.10 Å². The number of carbonyl (C=O) groups is 2. The van der Waals surface area contributed by atoms with Gasteiger partial charge in [-0.05, 0) is 24.1 Å². The number of hydrogen-bond acceptors (Lipinski definition) is 3. The van der Waals surface area contributed by atoms with E-state index in [9.17, 15) is 9.59 Å². The van der Waals surface area contributed by atoms with Gasteiger partial charge in [0, 0.05) is 25.7 Å². The Morgan fingerprint density at radius 3 is 2.77 bits per heavy atom. The van der Waals surface area contributed by atoms with E-state index in [-0.39, 0.29) is 12.3 Å². The Hall–Kier alpha value is -2.63. The molecule has 2 heterocycles. The Morgan fingerprint density at radius 2 is 2.09 bits per heavy atom. The van der Waals surface area contributed by atoms with Crippen LogP contribution in [-0.2, 0) is 16.0 Å². The van der Waals surface area contributed by atoms with Gasteiger partial charge in [-0.15, -0.1) is 0 Å². The van der Waals surface area contributed by atoms with Crippen molar-refractivity contribution in [1.29, 1.82) is 0 Å². The van der Waals surface area contributed by atoms with Gasteiger partial charge in [-0.3, -0.25) is 9.59 Å². The Labute approximate surface area is 128 Å². The summed E-state index contributed by atoms with van der Waals surface area (Å²) >= 11 is 0. The van der Waals surface area contributed by atoms with E-state index in [1.807, 2.05) is 36.5 Å². The topological polar surface area (TPSA) is 75.4 Å². The summed E-state index contributed by atoms with van der Waals surface area (Å²) < 4.78 is 1.79. The van der Waals surface area contributed by atoms with Crippen molar-refractivity contribution in [2.45, 2.75) is 12.8 Å². The van der Waals surface area contributed by atoms with Crippen molar-refractivity contribution in [3.63, 3.8) is 0 Å². The molecule has 1 fully saturated rings.